The van der Waals surface area contributed by atoms with Gasteiger partial charge in [-0.05, 0) is 18.9 Å². The maximum Gasteiger partial charge on any atom is 0.305 e. The van der Waals surface area contributed by atoms with E-state index in [1.54, 1.807) is 6.92 Å². The first kappa shape index (κ1) is 16.6. The van der Waals surface area contributed by atoms with E-state index >= 15 is 0 Å². The largest absolute Gasteiger partial charge is 0.481 e. The summed E-state index contributed by atoms with van der Waals surface area (Å²) in [4.78, 5) is 33.1. The number of carbonyl (C=O) groups is 2. The molecule has 1 amide bonds. The number of rotatable bonds is 7. The van der Waals surface area contributed by atoms with Crippen LogP contribution in [0, 0.1) is 17.0 Å². The number of carboxylic acid groups (broad SMARTS) is 1. The van der Waals surface area contributed by atoms with Crippen molar-refractivity contribution >= 4 is 17.6 Å². The third kappa shape index (κ3) is 4.87. The lowest BCUT2D eigenvalue weighted by Gasteiger charge is -2.16. The number of nitro groups is 1. The number of aliphatic carboxylic acids is 1. The van der Waals surface area contributed by atoms with Crippen molar-refractivity contribution in [3.63, 3.8) is 0 Å². The van der Waals surface area contributed by atoms with E-state index in [1.807, 2.05) is 6.92 Å². The topological polar surface area (TPSA) is 110 Å². The molecule has 0 spiro atoms. The molecular weight excluding hydrogens is 276 g/mol. The number of non-ortho nitro benzene ring substituents is 1. The Labute approximate surface area is 122 Å². The Morgan fingerprint density at radius 1 is 1.43 bits per heavy atom. The predicted molar refractivity (Wildman–Crippen MR) is 76.2 cm³/mol. The van der Waals surface area contributed by atoms with Gasteiger partial charge in [0, 0.05) is 23.7 Å². The summed E-state index contributed by atoms with van der Waals surface area (Å²) in [5, 5.41) is 22.2. The lowest BCUT2D eigenvalue weighted by Crippen LogP contribution is -2.36. The molecular formula is C14H18N2O5. The van der Waals surface area contributed by atoms with Gasteiger partial charge in [0.2, 0.25) is 0 Å². The van der Waals surface area contributed by atoms with Crippen LogP contribution in [0.1, 0.15) is 42.1 Å². The summed E-state index contributed by atoms with van der Waals surface area (Å²) in [6, 6.07) is 3.54. The van der Waals surface area contributed by atoms with Crippen LogP contribution in [0.25, 0.3) is 0 Å². The van der Waals surface area contributed by atoms with Crippen LogP contribution in [0.15, 0.2) is 18.2 Å². The molecule has 0 radical (unpaired) electrons. The van der Waals surface area contributed by atoms with Gasteiger partial charge in [0.15, 0.2) is 0 Å². The molecule has 0 aromatic heterocycles. The van der Waals surface area contributed by atoms with Crippen LogP contribution in [0.4, 0.5) is 5.69 Å². The number of aryl methyl sites for hydroxylation is 1. The van der Waals surface area contributed by atoms with Crippen molar-refractivity contribution in [1.82, 2.24) is 5.32 Å². The van der Waals surface area contributed by atoms with Crippen LogP contribution in [-0.2, 0) is 4.79 Å². The van der Waals surface area contributed by atoms with Gasteiger partial charge in [0.1, 0.15) is 0 Å². The number of hydrogen-bond acceptors (Lipinski definition) is 4. The zero-order valence-electron chi connectivity index (χ0n) is 12.0. The quantitative estimate of drug-likeness (QED) is 0.592. The van der Waals surface area contributed by atoms with Crippen LogP contribution < -0.4 is 5.32 Å². The second-order valence-corrected chi connectivity index (χ2v) is 4.81. The van der Waals surface area contributed by atoms with Gasteiger partial charge in [-0.15, -0.1) is 0 Å². The summed E-state index contributed by atoms with van der Waals surface area (Å²) in [7, 11) is 0. The Hall–Kier alpha value is -2.44. The number of carbonyl (C=O) groups excluding carboxylic acids is 1. The van der Waals surface area contributed by atoms with Crippen LogP contribution in [-0.4, -0.2) is 27.9 Å². The zero-order valence-corrected chi connectivity index (χ0v) is 12.0. The Morgan fingerprint density at radius 3 is 2.62 bits per heavy atom. The van der Waals surface area contributed by atoms with Crippen LogP contribution in [0.3, 0.4) is 0 Å². The lowest BCUT2D eigenvalue weighted by atomic mass is 10.0. The highest BCUT2D eigenvalue weighted by Gasteiger charge is 2.19. The number of amides is 1. The molecule has 7 nitrogen and oxygen atoms in total. The van der Waals surface area contributed by atoms with Gasteiger partial charge in [-0.1, -0.05) is 19.4 Å². The van der Waals surface area contributed by atoms with E-state index in [0.29, 0.717) is 12.0 Å². The molecule has 0 fully saturated rings. The Kier molecular flexibility index (Phi) is 5.83. The molecule has 2 N–H and O–H groups in total. The van der Waals surface area contributed by atoms with Gasteiger partial charge in [0.25, 0.3) is 11.6 Å². The van der Waals surface area contributed by atoms with E-state index in [4.69, 9.17) is 5.11 Å². The first-order valence-electron chi connectivity index (χ1n) is 6.62. The van der Waals surface area contributed by atoms with Crippen molar-refractivity contribution in [3.05, 3.63) is 39.4 Å². The molecule has 0 aliphatic heterocycles. The van der Waals surface area contributed by atoms with Crippen LogP contribution >= 0.6 is 0 Å². The number of benzene rings is 1. The lowest BCUT2D eigenvalue weighted by molar-refractivity contribution is -0.384. The normalized spacial score (nSPS) is 11.7. The van der Waals surface area contributed by atoms with Crippen molar-refractivity contribution in [2.75, 3.05) is 0 Å². The summed E-state index contributed by atoms with van der Waals surface area (Å²) in [6.07, 6.45) is 1.09. The zero-order chi connectivity index (χ0) is 16.0. The summed E-state index contributed by atoms with van der Waals surface area (Å²) < 4.78 is 0. The van der Waals surface area contributed by atoms with E-state index in [-0.39, 0.29) is 17.7 Å². The van der Waals surface area contributed by atoms with Crippen LogP contribution in [0.2, 0.25) is 0 Å². The molecule has 0 aliphatic carbocycles. The van der Waals surface area contributed by atoms with E-state index in [2.05, 4.69) is 5.32 Å². The van der Waals surface area contributed by atoms with Gasteiger partial charge in [-0.3, -0.25) is 19.7 Å². The first-order valence-corrected chi connectivity index (χ1v) is 6.62. The molecule has 114 valence electrons. The molecule has 0 bridgehead atoms. The molecule has 1 aromatic rings. The highest BCUT2D eigenvalue weighted by atomic mass is 16.6. The van der Waals surface area contributed by atoms with E-state index in [9.17, 15) is 19.7 Å². The van der Waals surface area contributed by atoms with E-state index in [0.717, 1.165) is 6.42 Å². The van der Waals surface area contributed by atoms with Crippen LogP contribution in [0.5, 0.6) is 0 Å². The molecule has 0 saturated heterocycles. The average molecular weight is 294 g/mol. The monoisotopic (exact) mass is 294 g/mol. The molecule has 1 rings (SSSR count). The Balaban J connectivity index is 2.93. The van der Waals surface area contributed by atoms with Gasteiger partial charge in [0.05, 0.1) is 11.3 Å². The minimum atomic E-state index is -0.996. The summed E-state index contributed by atoms with van der Waals surface area (Å²) in [6.45, 7) is 3.56. The second kappa shape index (κ2) is 7.37. The standard InChI is InChI=1S/C14H18N2O5/c1-3-4-10(7-13(17)18)15-14(19)12-8-11(16(20)21)6-5-9(12)2/h5-6,8,10H,3-4,7H2,1-2H3,(H,15,19)(H,17,18). The van der Waals surface area contributed by atoms with E-state index in [1.165, 1.54) is 18.2 Å². The van der Waals surface area contributed by atoms with Gasteiger partial charge in [-0.2, -0.15) is 0 Å². The van der Waals surface area contributed by atoms with Gasteiger partial charge < -0.3 is 10.4 Å². The van der Waals surface area contributed by atoms with Crippen molar-refractivity contribution in [2.24, 2.45) is 0 Å². The number of carboxylic acids is 1. The summed E-state index contributed by atoms with van der Waals surface area (Å²) >= 11 is 0. The predicted octanol–water partition coefficient (Wildman–Crippen LogP) is 2.28. The fourth-order valence-corrected chi connectivity index (χ4v) is 2.02. The molecule has 1 atom stereocenters. The third-order valence-electron chi connectivity index (χ3n) is 3.07. The Morgan fingerprint density at radius 2 is 2.10 bits per heavy atom. The first-order chi connectivity index (χ1) is 9.85. The second-order valence-electron chi connectivity index (χ2n) is 4.81. The molecule has 0 saturated carbocycles. The highest BCUT2D eigenvalue weighted by molar-refractivity contribution is 5.96. The number of nitrogens with one attached hydrogen (secondary N) is 1. The molecule has 1 unspecified atom stereocenters. The van der Waals surface area contributed by atoms with Gasteiger partial charge >= 0.3 is 5.97 Å². The maximum atomic E-state index is 12.2. The fourth-order valence-electron chi connectivity index (χ4n) is 2.02. The van der Waals surface area contributed by atoms with Crippen molar-refractivity contribution in [3.8, 4) is 0 Å². The van der Waals surface area contributed by atoms with Crippen molar-refractivity contribution < 1.29 is 19.6 Å². The summed E-state index contributed by atoms with van der Waals surface area (Å²) in [5.74, 6) is -1.49. The maximum absolute atomic E-state index is 12.2. The fraction of sp³-hybridized carbons (Fsp3) is 0.429. The third-order valence-corrected chi connectivity index (χ3v) is 3.07. The smallest absolute Gasteiger partial charge is 0.305 e. The van der Waals surface area contributed by atoms with Crippen molar-refractivity contribution in [1.29, 1.82) is 0 Å². The number of nitrogens with zero attached hydrogens (tertiary/aromatic N) is 1. The SMILES string of the molecule is CCCC(CC(=O)O)NC(=O)c1cc([N+](=O)[O-])ccc1C. The number of nitro benzene ring substituents is 1. The minimum Gasteiger partial charge on any atom is -0.481 e. The molecule has 0 aliphatic rings. The molecule has 0 heterocycles. The molecule has 1 aromatic carbocycles. The van der Waals surface area contributed by atoms with E-state index < -0.39 is 22.8 Å². The summed E-state index contributed by atoms with van der Waals surface area (Å²) in [5.41, 5.74) is 0.621. The van der Waals surface area contributed by atoms with Crippen molar-refractivity contribution in [2.45, 2.75) is 39.2 Å². The number of hydrogen-bond donors (Lipinski definition) is 2. The minimum absolute atomic E-state index is 0.170. The Bertz CT molecular complexity index is 556. The average Bonchev–Trinajstić information content (AvgIpc) is 2.38. The van der Waals surface area contributed by atoms with Gasteiger partial charge in [-0.25, -0.2) is 0 Å². The molecule has 21 heavy (non-hydrogen) atoms. The highest BCUT2D eigenvalue weighted by Crippen LogP contribution is 2.17. The molecule has 7 heteroatoms.